The van der Waals surface area contributed by atoms with Gasteiger partial charge in [-0.2, -0.15) is 13.2 Å². The second-order valence-electron chi connectivity index (χ2n) is 5.45. The smallest absolute Gasteiger partial charge is 0.357 e. The largest absolute Gasteiger partial charge is 0.434 e. The summed E-state index contributed by atoms with van der Waals surface area (Å²) in [6, 6.07) is 7.05. The molecule has 0 spiro atoms. The van der Waals surface area contributed by atoms with Crippen LogP contribution in [-0.2, 0) is 19.3 Å². The highest BCUT2D eigenvalue weighted by Crippen LogP contribution is 2.29. The average Bonchev–Trinajstić information content (AvgIpc) is 3.13. The predicted molar refractivity (Wildman–Crippen MR) is 114 cm³/mol. The van der Waals surface area contributed by atoms with Gasteiger partial charge in [-0.3, -0.25) is 4.79 Å². The van der Waals surface area contributed by atoms with Crippen LogP contribution in [0.3, 0.4) is 0 Å². The average molecular weight is 527 g/mol. The van der Waals surface area contributed by atoms with Crippen molar-refractivity contribution in [3.63, 3.8) is 0 Å². The van der Waals surface area contributed by atoms with Crippen LogP contribution in [0.15, 0.2) is 34.6 Å². The van der Waals surface area contributed by atoms with Gasteiger partial charge in [-0.1, -0.05) is 12.1 Å². The van der Waals surface area contributed by atoms with E-state index >= 15 is 0 Å². The van der Waals surface area contributed by atoms with E-state index in [0.717, 1.165) is 22.3 Å². The summed E-state index contributed by atoms with van der Waals surface area (Å²) in [6.07, 6.45) is -4.44. The molecule has 154 valence electrons. The van der Waals surface area contributed by atoms with E-state index in [-0.39, 0.29) is 36.4 Å². The monoisotopic (exact) mass is 527 g/mol. The summed E-state index contributed by atoms with van der Waals surface area (Å²) in [5.74, 6) is 0.265. The number of halogens is 4. The number of thiazole rings is 1. The minimum absolute atomic E-state index is 0. The van der Waals surface area contributed by atoms with E-state index in [1.807, 2.05) is 13.0 Å². The van der Waals surface area contributed by atoms with E-state index in [1.165, 1.54) is 0 Å². The van der Waals surface area contributed by atoms with Crippen molar-refractivity contribution < 1.29 is 18.0 Å². The van der Waals surface area contributed by atoms with Gasteiger partial charge in [-0.25, -0.2) is 9.98 Å². The van der Waals surface area contributed by atoms with Crippen molar-refractivity contribution in [2.45, 2.75) is 26.2 Å². The fourth-order valence-electron chi connectivity index (χ4n) is 2.15. The third-order valence-corrected chi connectivity index (χ3v) is 4.28. The van der Waals surface area contributed by atoms with Crippen molar-refractivity contribution in [3.05, 3.63) is 51.5 Å². The van der Waals surface area contributed by atoms with E-state index < -0.39 is 11.9 Å². The number of carbonyl (C=O) groups is 1. The lowest BCUT2D eigenvalue weighted by Gasteiger charge is -2.10. The zero-order valence-corrected chi connectivity index (χ0v) is 18.4. The highest BCUT2D eigenvalue weighted by Gasteiger charge is 2.33. The van der Waals surface area contributed by atoms with Gasteiger partial charge in [0.1, 0.15) is 5.01 Å². The number of hydrogen-bond acceptors (Lipinski definition) is 4. The second-order valence-corrected chi connectivity index (χ2v) is 6.40. The highest BCUT2D eigenvalue weighted by molar-refractivity contribution is 14.0. The Hall–Kier alpha value is -1.89. The van der Waals surface area contributed by atoms with Gasteiger partial charge in [0.15, 0.2) is 11.7 Å². The van der Waals surface area contributed by atoms with Gasteiger partial charge >= 0.3 is 6.18 Å². The molecule has 0 aliphatic rings. The third kappa shape index (κ3) is 7.26. The molecule has 1 aromatic carbocycles. The van der Waals surface area contributed by atoms with Crippen LogP contribution in [0.2, 0.25) is 0 Å². The molecule has 11 heteroatoms. The van der Waals surface area contributed by atoms with Gasteiger partial charge in [0.2, 0.25) is 0 Å². The van der Waals surface area contributed by atoms with E-state index in [4.69, 9.17) is 0 Å². The lowest BCUT2D eigenvalue weighted by molar-refractivity contribution is -0.140. The number of benzene rings is 1. The second kappa shape index (κ2) is 11.2. The minimum atomic E-state index is -4.44. The number of nitrogens with one attached hydrogen (secondary N) is 3. The molecule has 1 heterocycles. The Morgan fingerprint density at radius 3 is 2.64 bits per heavy atom. The van der Waals surface area contributed by atoms with Crippen LogP contribution < -0.4 is 16.0 Å². The normalized spacial score (nSPS) is 11.5. The number of guanidine groups is 1. The molecule has 0 aliphatic carbocycles. The molecule has 2 rings (SSSR count). The molecule has 1 aromatic heterocycles. The Labute approximate surface area is 182 Å². The Morgan fingerprint density at radius 1 is 1.29 bits per heavy atom. The van der Waals surface area contributed by atoms with Crippen LogP contribution >= 0.6 is 35.3 Å². The van der Waals surface area contributed by atoms with E-state index in [9.17, 15) is 18.0 Å². The molecule has 0 radical (unpaired) electrons. The molecular formula is C17H21F3IN5OS. The Bertz CT molecular complexity index is 810. The maximum absolute atomic E-state index is 12.6. The summed E-state index contributed by atoms with van der Waals surface area (Å²) in [5, 5.41) is 9.85. The topological polar surface area (TPSA) is 78.4 Å². The molecule has 2 aromatic rings. The molecule has 3 N–H and O–H groups in total. The number of amides is 1. The van der Waals surface area contributed by atoms with Crippen LogP contribution in [0, 0.1) is 0 Å². The molecule has 0 saturated carbocycles. The molecule has 0 atom stereocenters. The van der Waals surface area contributed by atoms with Gasteiger partial charge in [0, 0.05) is 24.5 Å². The fraction of sp³-hybridized carbons (Fsp3) is 0.353. The standard InChI is InChI=1S/C17H20F3N5OS.HI/c1-3-22-16(24-9-14-25-13(10-27-14)17(18,19)20)23-8-11-5-4-6-12(7-11)15(26)21-2;/h4-7,10H,3,8-9H2,1-2H3,(H,21,26)(H2,22,23,24);1H. The maximum atomic E-state index is 12.6. The summed E-state index contributed by atoms with van der Waals surface area (Å²) < 4.78 is 37.8. The van der Waals surface area contributed by atoms with Gasteiger partial charge < -0.3 is 16.0 Å². The van der Waals surface area contributed by atoms with Gasteiger partial charge in [0.05, 0.1) is 13.1 Å². The van der Waals surface area contributed by atoms with Crippen molar-refractivity contribution in [1.82, 2.24) is 20.9 Å². The first-order valence-electron chi connectivity index (χ1n) is 8.18. The minimum Gasteiger partial charge on any atom is -0.357 e. The number of aromatic nitrogens is 1. The first-order valence-corrected chi connectivity index (χ1v) is 9.06. The Morgan fingerprint density at radius 2 is 2.04 bits per heavy atom. The molecular weight excluding hydrogens is 506 g/mol. The lowest BCUT2D eigenvalue weighted by atomic mass is 10.1. The number of nitrogens with zero attached hydrogens (tertiary/aromatic N) is 2. The van der Waals surface area contributed by atoms with E-state index in [0.29, 0.717) is 29.6 Å². The van der Waals surface area contributed by atoms with Crippen LogP contribution in [0.25, 0.3) is 0 Å². The van der Waals surface area contributed by atoms with Crippen LogP contribution in [0.4, 0.5) is 13.2 Å². The fourth-order valence-corrected chi connectivity index (χ4v) is 2.89. The van der Waals surface area contributed by atoms with Crippen molar-refractivity contribution in [3.8, 4) is 0 Å². The maximum Gasteiger partial charge on any atom is 0.434 e. The van der Waals surface area contributed by atoms with Crippen molar-refractivity contribution in [1.29, 1.82) is 0 Å². The van der Waals surface area contributed by atoms with E-state index in [1.54, 1.807) is 25.2 Å². The quantitative estimate of drug-likeness (QED) is 0.306. The summed E-state index contributed by atoms with van der Waals surface area (Å²) >= 11 is 0.938. The third-order valence-electron chi connectivity index (χ3n) is 3.43. The first-order chi connectivity index (χ1) is 12.8. The lowest BCUT2D eigenvalue weighted by Crippen LogP contribution is -2.36. The molecule has 28 heavy (non-hydrogen) atoms. The van der Waals surface area contributed by atoms with Crippen LogP contribution in [0.5, 0.6) is 0 Å². The van der Waals surface area contributed by atoms with Crippen LogP contribution in [0.1, 0.15) is 33.5 Å². The molecule has 6 nitrogen and oxygen atoms in total. The predicted octanol–water partition coefficient (Wildman–Crippen LogP) is 3.39. The summed E-state index contributed by atoms with van der Waals surface area (Å²) in [4.78, 5) is 19.7. The molecule has 0 bridgehead atoms. The van der Waals surface area contributed by atoms with Crippen molar-refractivity contribution in [2.24, 2.45) is 4.99 Å². The van der Waals surface area contributed by atoms with Gasteiger partial charge in [-0.15, -0.1) is 35.3 Å². The van der Waals surface area contributed by atoms with Gasteiger partial charge in [0.25, 0.3) is 5.91 Å². The van der Waals surface area contributed by atoms with Crippen LogP contribution in [-0.4, -0.2) is 30.4 Å². The Balaban J connectivity index is 0.00000392. The summed E-state index contributed by atoms with van der Waals surface area (Å²) in [6.45, 7) is 2.92. The molecule has 0 saturated heterocycles. The van der Waals surface area contributed by atoms with Crippen molar-refractivity contribution >= 4 is 47.2 Å². The number of hydrogen-bond donors (Lipinski definition) is 3. The van der Waals surface area contributed by atoms with Crippen molar-refractivity contribution in [2.75, 3.05) is 13.6 Å². The SMILES string of the molecule is CCNC(=NCc1cccc(C(=O)NC)c1)NCc1nc(C(F)(F)F)cs1.I. The number of carbonyl (C=O) groups excluding carboxylic acids is 1. The zero-order chi connectivity index (χ0) is 19.9. The Kier molecular flexibility index (Phi) is 9.65. The number of alkyl halides is 3. The summed E-state index contributed by atoms with van der Waals surface area (Å²) in [5.41, 5.74) is 0.477. The highest BCUT2D eigenvalue weighted by atomic mass is 127. The molecule has 0 aliphatic heterocycles. The number of rotatable bonds is 6. The first kappa shape index (κ1) is 24.1. The molecule has 1 amide bonds. The van der Waals surface area contributed by atoms with E-state index in [2.05, 4.69) is 25.9 Å². The van der Waals surface area contributed by atoms with Gasteiger partial charge in [-0.05, 0) is 24.6 Å². The molecule has 0 unspecified atom stereocenters. The molecule has 0 fully saturated rings. The number of aliphatic imine (C=N–C) groups is 1. The zero-order valence-electron chi connectivity index (χ0n) is 15.3. The summed E-state index contributed by atoms with van der Waals surface area (Å²) in [7, 11) is 1.56.